The Morgan fingerprint density at radius 3 is 1.43 bits per heavy atom. The summed E-state index contributed by atoms with van der Waals surface area (Å²) in [5, 5.41) is 235. The summed E-state index contributed by atoms with van der Waals surface area (Å²) in [6.45, 7) is -4.31. The zero-order valence-corrected chi connectivity index (χ0v) is 43.1. The maximum absolute atomic E-state index is 14.0. The molecule has 6 saturated heterocycles. The molecule has 6 rings (SSSR count). The van der Waals surface area contributed by atoms with E-state index in [1.165, 1.54) is 6.92 Å². The fourth-order valence-electron chi connectivity index (χ4n) is 10.2. The Kier molecular flexibility index (Phi) is 21.9. The maximum atomic E-state index is 14.0. The second-order valence-electron chi connectivity index (χ2n) is 20.7. The van der Waals surface area contributed by atoms with E-state index >= 15 is 0 Å². The number of carbonyl (C=O) groups is 5. The van der Waals surface area contributed by atoms with Crippen LogP contribution in [0.5, 0.6) is 0 Å². The summed E-state index contributed by atoms with van der Waals surface area (Å²) in [6.07, 6.45) is -64.4. The minimum atomic E-state index is -3.83. The first-order chi connectivity index (χ1) is 38.6. The Balaban J connectivity index is 1.49. The van der Waals surface area contributed by atoms with Gasteiger partial charge < -0.3 is 170 Å². The second-order valence-corrected chi connectivity index (χ2v) is 20.7. The van der Waals surface area contributed by atoms with Gasteiger partial charge >= 0.3 is 29.8 Å². The van der Waals surface area contributed by atoms with Crippen LogP contribution < -0.4 is 5.73 Å². The minimum Gasteiger partial charge on any atom is -0.479 e. The molecule has 0 aliphatic carbocycles. The summed E-state index contributed by atoms with van der Waals surface area (Å²) >= 11 is 0. The third kappa shape index (κ3) is 13.7. The number of nitrogens with two attached hydrogens (primary N) is 1. The van der Waals surface area contributed by atoms with Crippen molar-refractivity contribution < 1.29 is 188 Å². The molecule has 0 bridgehead atoms. The summed E-state index contributed by atoms with van der Waals surface area (Å²) in [5.74, 6) is -26.0. The van der Waals surface area contributed by atoms with Crippen molar-refractivity contribution in [2.24, 2.45) is 5.73 Å². The van der Waals surface area contributed by atoms with E-state index in [9.17, 15) is 136 Å². The first-order valence-corrected chi connectivity index (χ1v) is 25.2. The van der Waals surface area contributed by atoms with E-state index in [1.54, 1.807) is 0 Å². The van der Waals surface area contributed by atoms with Gasteiger partial charge in [0.15, 0.2) is 18.7 Å². The van der Waals surface area contributed by atoms with Crippen molar-refractivity contribution in [1.82, 2.24) is 0 Å². The Morgan fingerprint density at radius 1 is 0.506 bits per heavy atom. The molecule has 24 N–H and O–H groups in total. The zero-order chi connectivity index (χ0) is 62.3. The summed E-state index contributed by atoms with van der Waals surface area (Å²) in [5.41, 5.74) is 6.10. The molecule has 0 radical (unpaired) electrons. The Morgan fingerprint density at radius 2 is 0.952 bits per heavy atom. The first kappa shape index (κ1) is 68.3. The highest BCUT2D eigenvalue weighted by atomic mass is 16.8. The van der Waals surface area contributed by atoms with Crippen molar-refractivity contribution in [3.05, 3.63) is 0 Å². The monoisotopic (exact) mass is 1220 g/mol. The number of rotatable bonds is 23. The van der Waals surface area contributed by atoms with Crippen LogP contribution in [0.3, 0.4) is 0 Å². The number of hydrogen-bond acceptors (Lipinski definition) is 34. The van der Waals surface area contributed by atoms with Gasteiger partial charge in [0.05, 0.1) is 63.0 Å². The molecule has 0 aromatic rings. The molecule has 0 aromatic heterocycles. The zero-order valence-electron chi connectivity index (χ0n) is 43.1. The lowest BCUT2D eigenvalue weighted by molar-refractivity contribution is -0.417. The summed E-state index contributed by atoms with van der Waals surface area (Å²) in [6, 6.07) is -2.13. The van der Waals surface area contributed by atoms with E-state index in [4.69, 9.17) is 57.8 Å². The average molecular weight is 1220 g/mol. The lowest BCUT2D eigenvalue weighted by Crippen LogP contribution is -2.72. The standard InChI is InChI=1S/C44H69NO38/c1-10-20(55)24(59)26(61)36(74-10)73-9-16(54)28-22(57)12(50)3-43(80-28,39(68)69)82-31-17(75-35-19(45)23(58)25(60)33(76-35)34(62)63)5-44(40(70)71,81-30(31)15(53)8-48)83-32-18(4-41(72,37(64)65)78-29(32)14(52)7-47)77-42(38(66)67)2-11(49)21(56)27(79-42)13(51)6-46/h10-33,35-36,46-61,72H,2-9,45H2,1H3,(H,62,63)(H,64,65)(H,66,67)(H,68,69)(H,70,71)/t10-,11+,12+,13+,14+,15+,16+,17+,18+,19+,20-,21+,22+,23+,24+,25-,26+,27+,28+,29+,30+,31+,32+,33-,35-,36+,41+,42+,43-,44-/m0/s1. The highest BCUT2D eigenvalue weighted by Gasteiger charge is 2.67. The van der Waals surface area contributed by atoms with Crippen LogP contribution in [0.25, 0.3) is 0 Å². The number of aliphatic carboxylic acids is 5. The smallest absolute Gasteiger partial charge is 0.364 e. The molecule has 0 unspecified atom stereocenters. The van der Waals surface area contributed by atoms with Gasteiger partial charge in [0, 0.05) is 25.7 Å². The van der Waals surface area contributed by atoms with Gasteiger partial charge in [0.2, 0.25) is 0 Å². The fourth-order valence-corrected chi connectivity index (χ4v) is 10.2. The van der Waals surface area contributed by atoms with Gasteiger partial charge in [-0.2, -0.15) is 0 Å². The second kappa shape index (κ2) is 26.7. The van der Waals surface area contributed by atoms with Gasteiger partial charge in [0.1, 0.15) is 104 Å². The van der Waals surface area contributed by atoms with Crippen LogP contribution in [-0.4, -0.2) is 351 Å². The molecule has 6 aliphatic rings. The van der Waals surface area contributed by atoms with Crippen LogP contribution in [0.2, 0.25) is 0 Å². The number of hydrogen-bond donors (Lipinski definition) is 23. The lowest BCUT2D eigenvalue weighted by Gasteiger charge is -2.54. The number of carboxylic acids is 5. The van der Waals surface area contributed by atoms with Crippen LogP contribution in [-0.2, 0) is 76.1 Å². The van der Waals surface area contributed by atoms with Crippen molar-refractivity contribution in [2.45, 2.75) is 215 Å². The predicted molar refractivity (Wildman–Crippen MR) is 245 cm³/mol. The van der Waals surface area contributed by atoms with Crippen molar-refractivity contribution in [3.8, 4) is 0 Å². The van der Waals surface area contributed by atoms with E-state index in [2.05, 4.69) is 0 Å². The van der Waals surface area contributed by atoms with Crippen LogP contribution in [0.1, 0.15) is 32.6 Å². The number of aliphatic hydroxyl groups excluding tert-OH is 16. The van der Waals surface area contributed by atoms with Gasteiger partial charge in [-0.15, -0.1) is 0 Å². The van der Waals surface area contributed by atoms with Crippen molar-refractivity contribution in [2.75, 3.05) is 26.4 Å². The number of ether oxygens (including phenoxy) is 11. The topological polar surface area (TPSA) is 658 Å². The number of carboxylic acid groups (broad SMARTS) is 5. The summed E-state index contributed by atoms with van der Waals surface area (Å²) in [7, 11) is 0. The molecule has 30 atom stereocenters. The molecule has 478 valence electrons. The van der Waals surface area contributed by atoms with Crippen LogP contribution in [0, 0.1) is 0 Å². The Hall–Kier alpha value is -3.81. The third-order valence-corrected chi connectivity index (χ3v) is 14.9. The van der Waals surface area contributed by atoms with Gasteiger partial charge in [-0.25, -0.2) is 24.0 Å². The Bertz CT molecular complexity index is 2260. The molecule has 6 aliphatic heterocycles. The molecular weight excluding hydrogens is 1150 g/mol. The average Bonchev–Trinajstić information content (AvgIpc) is 2.23. The molecule has 83 heavy (non-hydrogen) atoms. The SMILES string of the molecule is C[C@@H]1O[C@@H](OC[C@@H](O)[C@H]2O[C@@](O[C@H]3[C@@H]([C@H](O)CO)O[C@@](O[C@H]4[C@@H]([C@H](O)CO)O[C@@](O)(C(=O)O)C[C@H]4O[C@]4(C(=O)O)C[C@@H](O)[C@@H](O)[C@@H]([C@H](O)CO)O4)(C(=O)O)C[C@H]3O[C@H]3O[C@H](C(=O)O)[C@@H](O)[C@H](O)[C@H]3N)(C(=O)O)C[C@@H](O)[C@H]2O)[C@H](O)[C@H](O)[C@H]1O. The van der Waals surface area contributed by atoms with Crippen molar-refractivity contribution in [3.63, 3.8) is 0 Å². The van der Waals surface area contributed by atoms with Crippen LogP contribution in [0.4, 0.5) is 0 Å². The maximum Gasteiger partial charge on any atom is 0.364 e. The highest BCUT2D eigenvalue weighted by Crippen LogP contribution is 2.46. The first-order valence-electron chi connectivity index (χ1n) is 25.2. The Labute approximate surface area is 464 Å². The van der Waals surface area contributed by atoms with E-state index in [-0.39, 0.29) is 0 Å². The summed E-state index contributed by atoms with van der Waals surface area (Å²) < 4.78 is 61.6. The minimum absolute atomic E-state index is 1.13. The molecule has 0 aromatic carbocycles. The largest absolute Gasteiger partial charge is 0.479 e. The van der Waals surface area contributed by atoms with E-state index in [0.717, 1.165) is 0 Å². The molecule has 0 spiro atoms. The molecular formula is C44H69NO38. The normalized spacial score (nSPS) is 46.7. The lowest BCUT2D eigenvalue weighted by atomic mass is 9.88. The van der Waals surface area contributed by atoms with E-state index < -0.39 is 264 Å². The van der Waals surface area contributed by atoms with Gasteiger partial charge in [-0.3, -0.25) is 0 Å². The molecule has 0 amide bonds. The molecule has 6 fully saturated rings. The molecule has 0 saturated carbocycles. The van der Waals surface area contributed by atoms with Crippen LogP contribution >= 0.6 is 0 Å². The van der Waals surface area contributed by atoms with Crippen molar-refractivity contribution >= 4 is 29.8 Å². The molecule has 39 nitrogen and oxygen atoms in total. The predicted octanol–water partition coefficient (Wildman–Crippen LogP) is -13.6. The number of aliphatic hydroxyl groups is 17. The fraction of sp³-hybridized carbons (Fsp3) is 0.886. The summed E-state index contributed by atoms with van der Waals surface area (Å²) in [4.78, 5) is 65.6. The third-order valence-electron chi connectivity index (χ3n) is 14.9. The van der Waals surface area contributed by atoms with Crippen molar-refractivity contribution in [1.29, 1.82) is 0 Å². The molecule has 39 heteroatoms. The highest BCUT2D eigenvalue weighted by molar-refractivity contribution is 5.78. The van der Waals surface area contributed by atoms with Gasteiger partial charge in [-0.1, -0.05) is 0 Å². The quantitative estimate of drug-likeness (QED) is 0.0452. The van der Waals surface area contributed by atoms with Crippen LogP contribution in [0.15, 0.2) is 0 Å². The molecule has 6 heterocycles. The van der Waals surface area contributed by atoms with Gasteiger partial charge in [-0.05, 0) is 6.92 Å². The van der Waals surface area contributed by atoms with E-state index in [0.29, 0.717) is 0 Å². The van der Waals surface area contributed by atoms with E-state index in [1.807, 2.05) is 0 Å². The van der Waals surface area contributed by atoms with Gasteiger partial charge in [0.25, 0.3) is 23.1 Å².